The smallest absolute Gasteiger partial charge is 0.226 e. The van der Waals surface area contributed by atoms with Crippen LogP contribution in [0.3, 0.4) is 0 Å². The van der Waals surface area contributed by atoms with Gasteiger partial charge in [0.1, 0.15) is 11.5 Å². The number of aromatic nitrogens is 3. The largest absolute Gasteiger partial charge is 0.441 e. The summed E-state index contributed by atoms with van der Waals surface area (Å²) in [6, 6.07) is 9.36. The zero-order chi connectivity index (χ0) is 13.2. The van der Waals surface area contributed by atoms with Crippen molar-refractivity contribution in [2.24, 2.45) is 0 Å². The first-order valence-corrected chi connectivity index (χ1v) is 6.02. The van der Waals surface area contributed by atoms with Crippen molar-refractivity contribution in [3.05, 3.63) is 54.2 Å². The summed E-state index contributed by atoms with van der Waals surface area (Å²) < 4.78 is 7.51. The Bertz CT molecular complexity index is 668. The second-order valence-corrected chi connectivity index (χ2v) is 4.35. The van der Waals surface area contributed by atoms with Gasteiger partial charge in [0.25, 0.3) is 0 Å². The van der Waals surface area contributed by atoms with Crippen LogP contribution in [0.1, 0.15) is 11.5 Å². The molecule has 0 spiro atoms. The molecular formula is C14H14N4O. The molecule has 2 N–H and O–H groups in total. The van der Waals surface area contributed by atoms with Crippen LogP contribution < -0.4 is 5.73 Å². The van der Waals surface area contributed by atoms with Crippen LogP contribution in [0, 0.1) is 6.92 Å². The first kappa shape index (κ1) is 11.5. The number of anilines is 1. The molecule has 0 saturated carbocycles. The van der Waals surface area contributed by atoms with Crippen molar-refractivity contribution in [1.82, 2.24) is 14.8 Å². The minimum absolute atomic E-state index is 0.608. The summed E-state index contributed by atoms with van der Waals surface area (Å²) in [6.45, 7) is 2.52. The second kappa shape index (κ2) is 4.61. The van der Waals surface area contributed by atoms with E-state index >= 15 is 0 Å². The van der Waals surface area contributed by atoms with E-state index in [1.165, 1.54) is 0 Å². The summed E-state index contributed by atoms with van der Waals surface area (Å²) >= 11 is 0. The van der Waals surface area contributed by atoms with Gasteiger partial charge in [-0.1, -0.05) is 0 Å². The van der Waals surface area contributed by atoms with Gasteiger partial charge in [0, 0.05) is 23.6 Å². The molecule has 19 heavy (non-hydrogen) atoms. The van der Waals surface area contributed by atoms with Crippen molar-refractivity contribution in [2.75, 3.05) is 5.73 Å². The van der Waals surface area contributed by atoms with E-state index < -0.39 is 0 Å². The summed E-state index contributed by atoms with van der Waals surface area (Å²) in [5.41, 5.74) is 8.20. The van der Waals surface area contributed by atoms with Crippen LogP contribution in [0.25, 0.3) is 11.5 Å². The lowest BCUT2D eigenvalue weighted by atomic mass is 10.2. The SMILES string of the molecule is Cc1oc(-c2ccc(N)cc2)nc1Cn1cccn1. The molecule has 0 aliphatic heterocycles. The molecule has 0 aliphatic carbocycles. The maximum atomic E-state index is 5.70. The van der Waals surface area contributed by atoms with Gasteiger partial charge in [0.2, 0.25) is 5.89 Å². The maximum Gasteiger partial charge on any atom is 0.226 e. The maximum absolute atomic E-state index is 5.70. The minimum Gasteiger partial charge on any atom is -0.441 e. The molecule has 2 heterocycles. The molecular weight excluding hydrogens is 240 g/mol. The lowest BCUT2D eigenvalue weighted by Gasteiger charge is -1.97. The van der Waals surface area contributed by atoms with Crippen molar-refractivity contribution in [3.63, 3.8) is 0 Å². The van der Waals surface area contributed by atoms with Gasteiger partial charge >= 0.3 is 0 Å². The number of nitrogens with two attached hydrogens (primary N) is 1. The number of nitrogen functional groups attached to an aromatic ring is 1. The second-order valence-electron chi connectivity index (χ2n) is 4.35. The van der Waals surface area contributed by atoms with Crippen LogP contribution in [0.4, 0.5) is 5.69 Å². The van der Waals surface area contributed by atoms with E-state index in [2.05, 4.69) is 10.1 Å². The fourth-order valence-electron chi connectivity index (χ4n) is 1.87. The van der Waals surface area contributed by atoms with Gasteiger partial charge in [-0.3, -0.25) is 4.68 Å². The van der Waals surface area contributed by atoms with Crippen LogP contribution in [-0.2, 0) is 6.54 Å². The first-order chi connectivity index (χ1) is 9.22. The number of hydrogen-bond acceptors (Lipinski definition) is 4. The van der Waals surface area contributed by atoms with Gasteiger partial charge in [-0.15, -0.1) is 0 Å². The van der Waals surface area contributed by atoms with Crippen molar-refractivity contribution >= 4 is 5.69 Å². The van der Waals surface area contributed by atoms with E-state index in [1.54, 1.807) is 6.20 Å². The predicted octanol–water partition coefficient (Wildman–Crippen LogP) is 2.48. The average Bonchev–Trinajstić information content (AvgIpc) is 3.02. The van der Waals surface area contributed by atoms with E-state index in [0.29, 0.717) is 12.4 Å². The number of rotatable bonds is 3. The average molecular weight is 254 g/mol. The van der Waals surface area contributed by atoms with Crippen molar-refractivity contribution in [3.8, 4) is 11.5 Å². The Kier molecular flexibility index (Phi) is 2.79. The number of hydrogen-bond donors (Lipinski definition) is 1. The molecule has 0 fully saturated rings. The quantitative estimate of drug-likeness (QED) is 0.729. The molecule has 0 saturated heterocycles. The van der Waals surface area contributed by atoms with Crippen molar-refractivity contribution in [2.45, 2.75) is 13.5 Å². The van der Waals surface area contributed by atoms with E-state index in [4.69, 9.17) is 10.2 Å². The molecule has 3 aromatic rings. The fourth-order valence-corrected chi connectivity index (χ4v) is 1.87. The highest BCUT2D eigenvalue weighted by molar-refractivity contribution is 5.57. The van der Waals surface area contributed by atoms with E-state index in [9.17, 15) is 0 Å². The van der Waals surface area contributed by atoms with Crippen molar-refractivity contribution < 1.29 is 4.42 Å². The summed E-state index contributed by atoms with van der Waals surface area (Å²) in [4.78, 5) is 4.52. The third kappa shape index (κ3) is 2.35. The lowest BCUT2D eigenvalue weighted by Crippen LogP contribution is -2.01. The molecule has 5 heteroatoms. The van der Waals surface area contributed by atoms with E-state index in [-0.39, 0.29) is 0 Å². The molecule has 0 radical (unpaired) electrons. The third-order valence-electron chi connectivity index (χ3n) is 2.92. The molecule has 0 unspecified atom stereocenters. The van der Waals surface area contributed by atoms with Gasteiger partial charge in [-0.25, -0.2) is 4.98 Å². The highest BCUT2D eigenvalue weighted by atomic mass is 16.4. The first-order valence-electron chi connectivity index (χ1n) is 6.02. The molecule has 5 nitrogen and oxygen atoms in total. The van der Waals surface area contributed by atoms with Gasteiger partial charge in [0.15, 0.2) is 0 Å². The van der Waals surface area contributed by atoms with Crippen molar-refractivity contribution in [1.29, 1.82) is 0 Å². The highest BCUT2D eigenvalue weighted by Gasteiger charge is 2.11. The normalized spacial score (nSPS) is 10.8. The van der Waals surface area contributed by atoms with E-state index in [1.807, 2.05) is 48.1 Å². The topological polar surface area (TPSA) is 69.9 Å². The monoisotopic (exact) mass is 254 g/mol. The fraction of sp³-hybridized carbons (Fsp3) is 0.143. The van der Waals surface area contributed by atoms with Crippen LogP contribution in [0.15, 0.2) is 47.1 Å². The Balaban J connectivity index is 1.90. The highest BCUT2D eigenvalue weighted by Crippen LogP contribution is 2.22. The zero-order valence-corrected chi connectivity index (χ0v) is 10.6. The number of oxazole rings is 1. The van der Waals surface area contributed by atoms with E-state index in [0.717, 1.165) is 22.7 Å². The van der Waals surface area contributed by atoms with Gasteiger partial charge in [-0.2, -0.15) is 5.10 Å². The number of benzene rings is 1. The van der Waals surface area contributed by atoms with Gasteiger partial charge in [-0.05, 0) is 37.3 Å². The summed E-state index contributed by atoms with van der Waals surface area (Å²) in [7, 11) is 0. The minimum atomic E-state index is 0.608. The summed E-state index contributed by atoms with van der Waals surface area (Å²) in [6.07, 6.45) is 3.65. The summed E-state index contributed by atoms with van der Waals surface area (Å²) in [5, 5.41) is 4.16. The molecule has 3 rings (SSSR count). The lowest BCUT2D eigenvalue weighted by molar-refractivity contribution is 0.536. The van der Waals surface area contributed by atoms with Crippen LogP contribution in [0.5, 0.6) is 0 Å². The Morgan fingerprint density at radius 3 is 2.74 bits per heavy atom. The third-order valence-corrected chi connectivity index (χ3v) is 2.92. The zero-order valence-electron chi connectivity index (χ0n) is 10.6. The number of nitrogens with zero attached hydrogens (tertiary/aromatic N) is 3. The molecule has 0 amide bonds. The Hall–Kier alpha value is -2.56. The molecule has 1 aromatic carbocycles. The van der Waals surface area contributed by atoms with Crippen LogP contribution in [0.2, 0.25) is 0 Å². The molecule has 0 aliphatic rings. The van der Waals surface area contributed by atoms with Gasteiger partial charge in [0.05, 0.1) is 6.54 Å². The Morgan fingerprint density at radius 1 is 1.26 bits per heavy atom. The van der Waals surface area contributed by atoms with Gasteiger partial charge < -0.3 is 10.2 Å². The molecule has 2 aromatic heterocycles. The Labute approximate surface area is 110 Å². The Morgan fingerprint density at radius 2 is 2.05 bits per heavy atom. The molecule has 0 bridgehead atoms. The standard InChI is InChI=1S/C14H14N4O/c1-10-13(9-18-8-2-7-16-18)17-14(19-10)11-3-5-12(15)6-4-11/h2-8H,9,15H2,1H3. The van der Waals surface area contributed by atoms with Crippen LogP contribution in [-0.4, -0.2) is 14.8 Å². The molecule has 0 atom stereocenters. The molecule has 96 valence electrons. The number of aryl methyl sites for hydroxylation is 1. The predicted molar refractivity (Wildman–Crippen MR) is 72.4 cm³/mol. The van der Waals surface area contributed by atoms with Crippen LogP contribution >= 0.6 is 0 Å². The summed E-state index contributed by atoms with van der Waals surface area (Å²) in [5.74, 6) is 1.42.